The molecule has 0 aromatic heterocycles. The zero-order valence-electron chi connectivity index (χ0n) is 7.60. The molecule has 0 aromatic rings. The lowest BCUT2D eigenvalue weighted by molar-refractivity contribution is 0.109. The fourth-order valence-electron chi connectivity index (χ4n) is 2.13. The van der Waals surface area contributed by atoms with Gasteiger partial charge in [0.25, 0.3) is 0 Å². The van der Waals surface area contributed by atoms with Gasteiger partial charge in [-0.2, -0.15) is 0 Å². The molecule has 0 unspecified atom stereocenters. The largest absolute Gasteiger partial charge is 0.300 e. The van der Waals surface area contributed by atoms with Crippen LogP contribution < -0.4 is 0 Å². The van der Waals surface area contributed by atoms with Crippen molar-refractivity contribution in [3.05, 3.63) is 0 Å². The first kappa shape index (κ1) is 5.59. The van der Waals surface area contributed by atoms with Crippen molar-refractivity contribution in [3.8, 4) is 0 Å². The minimum Gasteiger partial charge on any atom is -0.300 e. The third-order valence-electron chi connectivity index (χ3n) is 2.73. The molecular weight excluding hydrogens is 122 g/mol. The van der Waals surface area contributed by atoms with E-state index in [1.54, 1.807) is 0 Å². The second kappa shape index (κ2) is 2.91. The molecule has 2 saturated heterocycles. The van der Waals surface area contributed by atoms with E-state index >= 15 is 0 Å². The van der Waals surface area contributed by atoms with Gasteiger partial charge < -0.3 is 4.90 Å². The summed E-state index contributed by atoms with van der Waals surface area (Å²) >= 11 is 0. The van der Waals surface area contributed by atoms with Gasteiger partial charge in [0, 0.05) is 7.39 Å². The van der Waals surface area contributed by atoms with Gasteiger partial charge in [-0.15, -0.1) is 0 Å². The summed E-state index contributed by atoms with van der Waals surface area (Å²) in [6.07, 6.45) is 7.43. The predicted molar refractivity (Wildman–Crippen MR) is 43.1 cm³/mol. The summed E-state index contributed by atoms with van der Waals surface area (Å²) in [4.78, 5) is 2.39. The minimum atomic E-state index is -0.142. The Bertz CT molecular complexity index is 134. The molecule has 58 valence electrons. The fourth-order valence-corrected chi connectivity index (χ4v) is 2.13. The van der Waals surface area contributed by atoms with Crippen molar-refractivity contribution in [2.24, 2.45) is 0 Å². The van der Waals surface area contributed by atoms with E-state index in [-0.39, 0.29) is 6.02 Å². The number of rotatable bonds is 0. The molecule has 2 heterocycles. The number of fused-ring (bicyclic) bond motifs is 1. The van der Waals surface area contributed by atoms with Gasteiger partial charge in [0.2, 0.25) is 0 Å². The average molecular weight is 140 g/mol. The molecule has 2 aliphatic heterocycles. The Hall–Kier alpha value is -0.0400. The highest BCUT2D eigenvalue weighted by atomic mass is 15.2. The standard InChI is InChI=1S/C9H17N/c1-3-7-10-8-4-2-6-9(10)5-1/h9H,1-8H2/i9D. The molecule has 1 nitrogen and oxygen atoms in total. The maximum absolute atomic E-state index is 8.20. The van der Waals surface area contributed by atoms with E-state index in [4.69, 9.17) is 1.37 Å². The van der Waals surface area contributed by atoms with E-state index < -0.39 is 0 Å². The molecule has 2 fully saturated rings. The lowest BCUT2D eigenvalue weighted by atomic mass is 9.93. The van der Waals surface area contributed by atoms with Crippen LogP contribution in [0.15, 0.2) is 0 Å². The summed E-state index contributed by atoms with van der Waals surface area (Å²) in [6, 6.07) is -0.142. The second-order valence-electron chi connectivity index (χ2n) is 3.47. The molecule has 0 radical (unpaired) electrons. The van der Waals surface area contributed by atoms with Crippen LogP contribution in [0.4, 0.5) is 0 Å². The highest BCUT2D eigenvalue weighted by Gasteiger charge is 2.24. The van der Waals surface area contributed by atoms with Crippen LogP contribution in [0.25, 0.3) is 0 Å². The first-order valence-electron chi connectivity index (χ1n) is 5.06. The monoisotopic (exact) mass is 140 g/mol. The van der Waals surface area contributed by atoms with E-state index in [1.807, 2.05) is 0 Å². The van der Waals surface area contributed by atoms with E-state index in [1.165, 1.54) is 38.8 Å². The molecule has 0 aromatic carbocycles. The quantitative estimate of drug-likeness (QED) is 0.497. The molecule has 2 rings (SSSR count). The molecule has 0 aliphatic carbocycles. The van der Waals surface area contributed by atoms with Crippen LogP contribution in [0, 0.1) is 0 Å². The average Bonchev–Trinajstić information content (AvgIpc) is 2.03. The van der Waals surface area contributed by atoms with Gasteiger partial charge in [0.05, 0.1) is 0 Å². The summed E-state index contributed by atoms with van der Waals surface area (Å²) in [6.45, 7) is 2.37. The van der Waals surface area contributed by atoms with Crippen molar-refractivity contribution in [2.75, 3.05) is 13.1 Å². The van der Waals surface area contributed by atoms with E-state index in [9.17, 15) is 0 Å². The number of hydrogen-bond donors (Lipinski definition) is 0. The third kappa shape index (κ3) is 1.20. The van der Waals surface area contributed by atoms with E-state index in [2.05, 4.69) is 4.90 Å². The summed E-state index contributed by atoms with van der Waals surface area (Å²) < 4.78 is 8.20. The van der Waals surface area contributed by atoms with Crippen LogP contribution in [-0.2, 0) is 0 Å². The predicted octanol–water partition coefficient (Wildman–Crippen LogP) is 2.02. The Morgan fingerprint density at radius 1 is 1.00 bits per heavy atom. The highest BCUT2D eigenvalue weighted by molar-refractivity contribution is 4.80. The van der Waals surface area contributed by atoms with E-state index in [0.717, 1.165) is 12.8 Å². The fraction of sp³-hybridized carbons (Fsp3) is 1.00. The Morgan fingerprint density at radius 2 is 1.60 bits per heavy atom. The molecule has 2 aliphatic rings. The molecule has 1 heteroatoms. The van der Waals surface area contributed by atoms with Crippen molar-refractivity contribution in [1.82, 2.24) is 4.90 Å². The van der Waals surface area contributed by atoms with Crippen molar-refractivity contribution in [3.63, 3.8) is 0 Å². The second-order valence-corrected chi connectivity index (χ2v) is 3.47. The third-order valence-corrected chi connectivity index (χ3v) is 2.73. The van der Waals surface area contributed by atoms with Gasteiger partial charge in [-0.05, 0) is 38.8 Å². The molecule has 0 spiro atoms. The summed E-state index contributed by atoms with van der Waals surface area (Å²) in [5.41, 5.74) is 0. The van der Waals surface area contributed by atoms with Crippen molar-refractivity contribution >= 4 is 0 Å². The Balaban J connectivity index is 2.06. The van der Waals surface area contributed by atoms with Crippen LogP contribution in [-0.4, -0.2) is 24.0 Å². The number of hydrogen-bond acceptors (Lipinski definition) is 1. The number of piperidine rings is 2. The molecule has 0 N–H and O–H groups in total. The van der Waals surface area contributed by atoms with Crippen LogP contribution in [0.1, 0.15) is 39.9 Å². The smallest absolute Gasteiger partial charge is 0.0467 e. The zero-order chi connectivity index (χ0) is 7.73. The first-order valence-corrected chi connectivity index (χ1v) is 4.56. The number of nitrogens with zero attached hydrogens (tertiary/aromatic N) is 1. The van der Waals surface area contributed by atoms with Gasteiger partial charge >= 0.3 is 0 Å². The van der Waals surface area contributed by atoms with Crippen LogP contribution in [0.5, 0.6) is 0 Å². The SMILES string of the molecule is [2H]C12CCCCN1CCCC2. The van der Waals surface area contributed by atoms with Gasteiger partial charge in [-0.3, -0.25) is 0 Å². The maximum Gasteiger partial charge on any atom is 0.0467 e. The zero-order valence-corrected chi connectivity index (χ0v) is 6.60. The lowest BCUT2D eigenvalue weighted by Crippen LogP contribution is -2.42. The van der Waals surface area contributed by atoms with Crippen LogP contribution >= 0.6 is 0 Å². The van der Waals surface area contributed by atoms with Crippen molar-refractivity contribution in [2.45, 2.75) is 44.5 Å². The van der Waals surface area contributed by atoms with E-state index in [0.29, 0.717) is 0 Å². The van der Waals surface area contributed by atoms with Gasteiger partial charge in [0.15, 0.2) is 0 Å². The van der Waals surface area contributed by atoms with Crippen LogP contribution in [0.3, 0.4) is 0 Å². The maximum atomic E-state index is 8.20. The molecule has 0 saturated carbocycles. The highest BCUT2D eigenvalue weighted by Crippen LogP contribution is 2.25. The topological polar surface area (TPSA) is 3.24 Å². The van der Waals surface area contributed by atoms with Gasteiger partial charge in [-0.25, -0.2) is 0 Å². The molecule has 0 atom stereocenters. The summed E-state index contributed by atoms with van der Waals surface area (Å²) in [5, 5.41) is 0. The van der Waals surface area contributed by atoms with Gasteiger partial charge in [0.1, 0.15) is 0 Å². The first-order chi connectivity index (χ1) is 5.31. The van der Waals surface area contributed by atoms with Crippen molar-refractivity contribution < 1.29 is 1.37 Å². The Morgan fingerprint density at radius 3 is 2.10 bits per heavy atom. The molecular formula is C9H17N. The molecule has 0 bridgehead atoms. The molecule has 10 heavy (non-hydrogen) atoms. The minimum absolute atomic E-state index is 0.142. The lowest BCUT2D eigenvalue weighted by Gasteiger charge is -2.39. The summed E-state index contributed by atoms with van der Waals surface area (Å²) in [7, 11) is 0. The Labute approximate surface area is 64.8 Å². The normalized spacial score (nSPS) is 34.6. The van der Waals surface area contributed by atoms with Crippen molar-refractivity contribution in [1.29, 1.82) is 0 Å². The molecule has 0 amide bonds. The summed E-state index contributed by atoms with van der Waals surface area (Å²) in [5.74, 6) is 0. The van der Waals surface area contributed by atoms with Gasteiger partial charge in [-0.1, -0.05) is 12.8 Å². The van der Waals surface area contributed by atoms with Crippen LogP contribution in [0.2, 0.25) is 0 Å². The Kier molecular flexibility index (Phi) is 1.63.